The summed E-state index contributed by atoms with van der Waals surface area (Å²) in [6.07, 6.45) is 26.2. The van der Waals surface area contributed by atoms with Gasteiger partial charge in [-0.1, -0.05) is 103 Å². The molecule has 3 heteroatoms. The zero-order valence-corrected chi connectivity index (χ0v) is 17.6. The Morgan fingerprint density at radius 1 is 0.769 bits per heavy atom. The number of aliphatic hydroxyl groups is 1. The van der Waals surface area contributed by atoms with Crippen LogP contribution in [0.4, 0.5) is 0 Å². The Bertz CT molecular complexity index is 319. The Kier molecular flexibility index (Phi) is 16.3. The first-order chi connectivity index (χ1) is 12.9. The molecule has 26 heavy (non-hydrogen) atoms. The molecular formula is C23H46N2O. The van der Waals surface area contributed by atoms with Gasteiger partial charge in [0.15, 0.2) is 0 Å². The van der Waals surface area contributed by atoms with Gasteiger partial charge in [0, 0.05) is 19.3 Å². The van der Waals surface area contributed by atoms with Crippen LogP contribution in [-0.2, 0) is 0 Å². The number of β-amino-alcohol motifs (C(OH)–C–C–N with tert-alkyl or cyclic N) is 1. The summed E-state index contributed by atoms with van der Waals surface area (Å²) in [6, 6.07) is 0. The van der Waals surface area contributed by atoms with Gasteiger partial charge in [-0.3, -0.25) is 9.89 Å². The number of aliphatic hydroxyl groups excluding tert-OH is 1. The van der Waals surface area contributed by atoms with E-state index < -0.39 is 0 Å². The normalized spacial score (nSPS) is 17.4. The van der Waals surface area contributed by atoms with Gasteiger partial charge in [0.05, 0.1) is 6.61 Å². The monoisotopic (exact) mass is 366 g/mol. The van der Waals surface area contributed by atoms with Crippen LogP contribution in [0.2, 0.25) is 0 Å². The minimum Gasteiger partial charge on any atom is -0.395 e. The van der Waals surface area contributed by atoms with E-state index >= 15 is 0 Å². The number of nitrogens with zero attached hydrogens (tertiary/aromatic N) is 2. The molecule has 154 valence electrons. The van der Waals surface area contributed by atoms with Gasteiger partial charge in [-0.05, 0) is 12.8 Å². The summed E-state index contributed by atoms with van der Waals surface area (Å²) in [6.45, 7) is 4.23. The van der Waals surface area contributed by atoms with Crippen molar-refractivity contribution in [1.82, 2.24) is 4.90 Å². The molecular weight excluding hydrogens is 320 g/mol. The standard InChI is InChI=1S/C23H46N2O/c1-2-3-4-5-6-7-8-9-10-11-12-13-14-15-16-17-18-23-24-19-20-25(23)21-22-26/h19,23,26H,2-18,20-22H2,1H3. The lowest BCUT2D eigenvalue weighted by Gasteiger charge is -2.21. The molecule has 0 spiro atoms. The van der Waals surface area contributed by atoms with E-state index in [2.05, 4.69) is 16.8 Å². The van der Waals surface area contributed by atoms with Crippen LogP contribution in [-0.4, -0.2) is 42.1 Å². The van der Waals surface area contributed by atoms with Crippen LogP contribution in [0.15, 0.2) is 4.99 Å². The molecule has 0 aromatic carbocycles. The van der Waals surface area contributed by atoms with Gasteiger partial charge in [0.1, 0.15) is 6.17 Å². The molecule has 0 aliphatic carbocycles. The van der Waals surface area contributed by atoms with Crippen molar-refractivity contribution in [2.45, 2.75) is 122 Å². The molecule has 1 heterocycles. The van der Waals surface area contributed by atoms with E-state index in [-0.39, 0.29) is 6.61 Å². The van der Waals surface area contributed by atoms with Gasteiger partial charge < -0.3 is 5.11 Å². The highest BCUT2D eigenvalue weighted by atomic mass is 16.3. The largest absolute Gasteiger partial charge is 0.395 e. The molecule has 3 nitrogen and oxygen atoms in total. The maximum absolute atomic E-state index is 9.06. The van der Waals surface area contributed by atoms with E-state index in [1.54, 1.807) is 0 Å². The molecule has 0 bridgehead atoms. The summed E-state index contributed by atoms with van der Waals surface area (Å²) >= 11 is 0. The second-order valence-corrected chi connectivity index (χ2v) is 8.12. The Hall–Kier alpha value is -0.410. The van der Waals surface area contributed by atoms with E-state index in [1.807, 2.05) is 6.21 Å². The minimum atomic E-state index is 0.249. The SMILES string of the molecule is CCCCCCCCCCCCCCCCCCC1N=CCN1CCO. The first kappa shape index (κ1) is 23.6. The van der Waals surface area contributed by atoms with Gasteiger partial charge in [0.2, 0.25) is 0 Å². The topological polar surface area (TPSA) is 35.8 Å². The molecule has 1 aliphatic rings. The lowest BCUT2D eigenvalue weighted by atomic mass is 10.0. The van der Waals surface area contributed by atoms with E-state index in [1.165, 1.54) is 103 Å². The van der Waals surface area contributed by atoms with Crippen LogP contribution < -0.4 is 0 Å². The maximum Gasteiger partial charge on any atom is 0.102 e. The molecule has 1 rings (SSSR count). The summed E-state index contributed by atoms with van der Waals surface area (Å²) in [7, 11) is 0. The summed E-state index contributed by atoms with van der Waals surface area (Å²) < 4.78 is 0. The van der Waals surface area contributed by atoms with Crippen molar-refractivity contribution in [2.24, 2.45) is 4.99 Å². The van der Waals surface area contributed by atoms with E-state index in [4.69, 9.17) is 5.11 Å². The highest BCUT2D eigenvalue weighted by molar-refractivity contribution is 5.62. The van der Waals surface area contributed by atoms with Crippen LogP contribution in [0, 0.1) is 0 Å². The van der Waals surface area contributed by atoms with Gasteiger partial charge in [0.25, 0.3) is 0 Å². The highest BCUT2D eigenvalue weighted by Crippen LogP contribution is 2.17. The maximum atomic E-state index is 9.06. The third kappa shape index (κ3) is 12.9. The van der Waals surface area contributed by atoms with Crippen LogP contribution in [0.25, 0.3) is 0 Å². The Labute approximate surface area is 163 Å². The fourth-order valence-electron chi connectivity index (χ4n) is 3.99. The Morgan fingerprint density at radius 3 is 1.69 bits per heavy atom. The van der Waals surface area contributed by atoms with Crippen LogP contribution >= 0.6 is 0 Å². The van der Waals surface area contributed by atoms with Gasteiger partial charge in [-0.25, -0.2) is 0 Å². The molecule has 1 aliphatic heterocycles. The number of rotatable bonds is 19. The fraction of sp³-hybridized carbons (Fsp3) is 0.957. The van der Waals surface area contributed by atoms with Crippen LogP contribution in [0.1, 0.15) is 116 Å². The first-order valence-corrected chi connectivity index (χ1v) is 11.7. The van der Waals surface area contributed by atoms with Crippen LogP contribution in [0.5, 0.6) is 0 Å². The van der Waals surface area contributed by atoms with Gasteiger partial charge >= 0.3 is 0 Å². The predicted octanol–water partition coefficient (Wildman–Crippen LogP) is 6.34. The fourth-order valence-corrected chi connectivity index (χ4v) is 3.99. The third-order valence-corrected chi connectivity index (χ3v) is 5.72. The number of aliphatic imine (C=N–C) groups is 1. The summed E-state index contributed by atoms with van der Waals surface area (Å²) in [5.41, 5.74) is 0. The minimum absolute atomic E-state index is 0.249. The highest BCUT2D eigenvalue weighted by Gasteiger charge is 2.19. The predicted molar refractivity (Wildman–Crippen MR) is 115 cm³/mol. The smallest absolute Gasteiger partial charge is 0.102 e. The van der Waals surface area contributed by atoms with Crippen LogP contribution in [0.3, 0.4) is 0 Å². The zero-order valence-electron chi connectivity index (χ0n) is 17.6. The van der Waals surface area contributed by atoms with Gasteiger partial charge in [-0.15, -0.1) is 0 Å². The first-order valence-electron chi connectivity index (χ1n) is 11.7. The van der Waals surface area contributed by atoms with Crippen molar-refractivity contribution in [2.75, 3.05) is 19.7 Å². The van der Waals surface area contributed by atoms with Crippen molar-refractivity contribution < 1.29 is 5.11 Å². The second kappa shape index (κ2) is 18.0. The van der Waals surface area contributed by atoms with Gasteiger partial charge in [-0.2, -0.15) is 0 Å². The van der Waals surface area contributed by atoms with Crippen molar-refractivity contribution in [3.05, 3.63) is 0 Å². The number of hydrogen-bond acceptors (Lipinski definition) is 3. The molecule has 0 saturated carbocycles. The Balaban J connectivity index is 1.74. The molecule has 0 radical (unpaired) electrons. The summed E-state index contributed by atoms with van der Waals surface area (Å²) in [4.78, 5) is 6.82. The molecule has 1 N–H and O–H groups in total. The second-order valence-electron chi connectivity index (χ2n) is 8.12. The Morgan fingerprint density at radius 2 is 1.23 bits per heavy atom. The molecule has 0 fully saturated rings. The average Bonchev–Trinajstić information content (AvgIpc) is 3.09. The zero-order chi connectivity index (χ0) is 18.7. The lowest BCUT2D eigenvalue weighted by Crippen LogP contribution is -2.32. The quantitative estimate of drug-likeness (QED) is 0.271. The molecule has 0 saturated heterocycles. The third-order valence-electron chi connectivity index (χ3n) is 5.72. The molecule has 0 amide bonds. The molecule has 1 unspecified atom stereocenters. The van der Waals surface area contributed by atoms with E-state index in [9.17, 15) is 0 Å². The lowest BCUT2D eigenvalue weighted by molar-refractivity contribution is 0.176. The van der Waals surface area contributed by atoms with Crippen molar-refractivity contribution in [3.8, 4) is 0 Å². The van der Waals surface area contributed by atoms with E-state index in [0.717, 1.165) is 19.5 Å². The van der Waals surface area contributed by atoms with Crippen molar-refractivity contribution in [1.29, 1.82) is 0 Å². The van der Waals surface area contributed by atoms with Crippen molar-refractivity contribution >= 4 is 6.21 Å². The molecule has 0 aromatic heterocycles. The van der Waals surface area contributed by atoms with E-state index in [0.29, 0.717) is 6.17 Å². The molecule has 1 atom stereocenters. The van der Waals surface area contributed by atoms with Crippen molar-refractivity contribution in [3.63, 3.8) is 0 Å². The number of unbranched alkanes of at least 4 members (excludes halogenated alkanes) is 15. The average molecular weight is 367 g/mol. The summed E-state index contributed by atoms with van der Waals surface area (Å²) in [5.74, 6) is 0. The molecule has 0 aromatic rings. The summed E-state index contributed by atoms with van der Waals surface area (Å²) in [5, 5.41) is 9.06. The number of hydrogen-bond donors (Lipinski definition) is 1.